The molecule has 1 rings (SSSR count). The average Bonchev–Trinajstić information content (AvgIpc) is 2.32. The summed E-state index contributed by atoms with van der Waals surface area (Å²) >= 11 is 0. The highest BCUT2D eigenvalue weighted by atomic mass is 28.3. The van der Waals surface area contributed by atoms with Crippen molar-refractivity contribution in [3.8, 4) is 0 Å². The summed E-state index contributed by atoms with van der Waals surface area (Å²) in [6.07, 6.45) is 2.20. The summed E-state index contributed by atoms with van der Waals surface area (Å²) < 4.78 is 0. The van der Waals surface area contributed by atoms with Crippen LogP contribution < -0.4 is 5.73 Å². The zero-order valence-corrected chi connectivity index (χ0v) is 8.93. The van der Waals surface area contributed by atoms with Crippen molar-refractivity contribution in [2.45, 2.75) is 38.3 Å². The van der Waals surface area contributed by atoms with Gasteiger partial charge in [0.05, 0.1) is 0 Å². The summed E-state index contributed by atoms with van der Waals surface area (Å²) in [5.74, 6) is 0.886. The Morgan fingerprint density at radius 2 is 2.00 bits per heavy atom. The Morgan fingerprint density at radius 3 is 2.33 bits per heavy atom. The van der Waals surface area contributed by atoms with E-state index < -0.39 is 9.28 Å². The largest absolute Gasteiger partial charge is 0.413 e. The van der Waals surface area contributed by atoms with Crippen LogP contribution in [0.2, 0.25) is 5.54 Å². The summed E-state index contributed by atoms with van der Waals surface area (Å²) in [5, 5.41) is 0. The fraction of sp³-hybridized carbons (Fsp3) is 1.00. The molecule has 0 aromatic rings. The molecule has 1 aliphatic carbocycles. The lowest BCUT2D eigenvalue weighted by atomic mass is 9.97. The molecule has 0 saturated heterocycles. The topological polar surface area (TPSA) is 66.5 Å². The van der Waals surface area contributed by atoms with Gasteiger partial charge in [0.2, 0.25) is 0 Å². The summed E-state index contributed by atoms with van der Waals surface area (Å²) in [5.41, 5.74) is 6.01. The minimum absolute atomic E-state index is 0.0462. The Bertz CT molecular complexity index is 154. The first-order chi connectivity index (χ1) is 5.54. The van der Waals surface area contributed by atoms with Gasteiger partial charge in [0.1, 0.15) is 0 Å². The van der Waals surface area contributed by atoms with Crippen LogP contribution in [0.5, 0.6) is 0 Å². The van der Waals surface area contributed by atoms with Gasteiger partial charge in [-0.25, -0.2) is 0 Å². The van der Waals surface area contributed by atoms with Gasteiger partial charge in [0, 0.05) is 11.6 Å². The molecule has 12 heavy (non-hydrogen) atoms. The maximum atomic E-state index is 9.12. The fourth-order valence-corrected chi connectivity index (χ4v) is 2.99. The third-order valence-corrected chi connectivity index (χ3v) is 4.69. The van der Waals surface area contributed by atoms with Crippen LogP contribution >= 0.6 is 0 Å². The maximum Gasteiger partial charge on any atom is 0.319 e. The molecule has 0 radical (unpaired) electrons. The molecule has 4 atom stereocenters. The van der Waals surface area contributed by atoms with Crippen molar-refractivity contribution in [1.29, 1.82) is 0 Å². The number of hydrogen-bond donors (Lipinski definition) is 3. The number of hydrogen-bond acceptors (Lipinski definition) is 3. The number of rotatable bonds is 2. The van der Waals surface area contributed by atoms with Crippen molar-refractivity contribution in [3.63, 3.8) is 0 Å². The summed E-state index contributed by atoms with van der Waals surface area (Å²) in [4.78, 5) is 18.2. The van der Waals surface area contributed by atoms with Gasteiger partial charge in [-0.1, -0.05) is 13.8 Å². The van der Waals surface area contributed by atoms with E-state index in [4.69, 9.17) is 15.3 Å². The van der Waals surface area contributed by atoms with E-state index >= 15 is 0 Å². The average molecular weight is 189 g/mol. The molecule has 1 aliphatic rings. The van der Waals surface area contributed by atoms with E-state index in [0.29, 0.717) is 11.8 Å². The predicted octanol–water partition coefficient (Wildman–Crippen LogP) is -0.0450. The molecule has 0 aromatic carbocycles. The molecule has 0 bridgehead atoms. The van der Waals surface area contributed by atoms with E-state index in [1.165, 1.54) is 0 Å². The molecule has 0 heterocycles. The van der Waals surface area contributed by atoms with Crippen molar-refractivity contribution in [2.75, 3.05) is 0 Å². The minimum atomic E-state index is -2.46. The molecule has 0 amide bonds. The van der Waals surface area contributed by atoms with Gasteiger partial charge in [-0.3, -0.25) is 0 Å². The van der Waals surface area contributed by atoms with E-state index in [9.17, 15) is 0 Å². The van der Waals surface area contributed by atoms with Crippen molar-refractivity contribution in [3.05, 3.63) is 0 Å². The summed E-state index contributed by atoms with van der Waals surface area (Å²) in [6, 6.07) is 0.175. The van der Waals surface area contributed by atoms with Crippen LogP contribution in [0.25, 0.3) is 0 Å². The predicted molar refractivity (Wildman–Crippen MR) is 50.9 cm³/mol. The van der Waals surface area contributed by atoms with Crippen LogP contribution in [-0.4, -0.2) is 24.9 Å². The monoisotopic (exact) mass is 189 g/mol. The molecule has 0 aliphatic heterocycles. The zero-order chi connectivity index (χ0) is 9.30. The first kappa shape index (κ1) is 10.2. The number of nitrogens with two attached hydrogens (primary N) is 1. The second kappa shape index (κ2) is 3.87. The molecule has 4 N–H and O–H groups in total. The van der Waals surface area contributed by atoms with Gasteiger partial charge in [0.25, 0.3) is 0 Å². The van der Waals surface area contributed by atoms with E-state index in [-0.39, 0.29) is 11.6 Å². The van der Waals surface area contributed by atoms with E-state index in [1.807, 2.05) is 6.92 Å². The van der Waals surface area contributed by atoms with Crippen LogP contribution in [0, 0.1) is 11.8 Å². The molecule has 3 nitrogen and oxygen atoms in total. The van der Waals surface area contributed by atoms with Gasteiger partial charge >= 0.3 is 9.28 Å². The maximum absolute atomic E-state index is 9.12. The van der Waals surface area contributed by atoms with Gasteiger partial charge in [-0.15, -0.1) is 0 Å². The Hall–Kier alpha value is 0.0969. The fourth-order valence-electron chi connectivity index (χ4n) is 2.10. The Labute approximate surface area is 75.4 Å². The second-order valence-electron chi connectivity index (χ2n) is 4.07. The smallest absolute Gasteiger partial charge is 0.319 e. The first-order valence-electron chi connectivity index (χ1n) is 4.65. The Kier molecular flexibility index (Phi) is 3.28. The molecular formula is C8H19NO2Si. The highest BCUT2D eigenvalue weighted by Crippen LogP contribution is 2.37. The van der Waals surface area contributed by atoms with Crippen molar-refractivity contribution in [1.82, 2.24) is 0 Å². The quantitative estimate of drug-likeness (QED) is 0.534. The lowest BCUT2D eigenvalue weighted by Crippen LogP contribution is -2.36. The molecule has 4 unspecified atom stereocenters. The minimum Gasteiger partial charge on any atom is -0.413 e. The van der Waals surface area contributed by atoms with Crippen molar-refractivity contribution < 1.29 is 9.59 Å². The lowest BCUT2D eigenvalue weighted by Gasteiger charge is -2.24. The first-order valence-corrected chi connectivity index (χ1v) is 6.35. The van der Waals surface area contributed by atoms with E-state index in [1.54, 1.807) is 0 Å². The summed E-state index contributed by atoms with van der Waals surface area (Å²) in [6.45, 7) is 4.06. The van der Waals surface area contributed by atoms with Gasteiger partial charge in [-0.05, 0) is 24.7 Å². The van der Waals surface area contributed by atoms with Crippen LogP contribution in [0.1, 0.15) is 26.7 Å². The highest BCUT2D eigenvalue weighted by molar-refractivity contribution is 6.43. The molecule has 4 heteroatoms. The molecule has 0 aromatic heterocycles. The van der Waals surface area contributed by atoms with Crippen LogP contribution in [0.3, 0.4) is 0 Å². The highest BCUT2D eigenvalue weighted by Gasteiger charge is 2.37. The van der Waals surface area contributed by atoms with Gasteiger partial charge in [-0.2, -0.15) is 0 Å². The molecule has 1 saturated carbocycles. The third-order valence-electron chi connectivity index (χ3n) is 3.25. The van der Waals surface area contributed by atoms with Crippen LogP contribution in [-0.2, 0) is 0 Å². The second-order valence-corrected chi connectivity index (χ2v) is 5.95. The van der Waals surface area contributed by atoms with E-state index in [0.717, 1.165) is 12.8 Å². The molecule has 72 valence electrons. The molecule has 0 spiro atoms. The van der Waals surface area contributed by atoms with Gasteiger partial charge < -0.3 is 15.3 Å². The van der Waals surface area contributed by atoms with E-state index in [2.05, 4.69) is 6.92 Å². The third kappa shape index (κ3) is 1.88. The van der Waals surface area contributed by atoms with Gasteiger partial charge in [0.15, 0.2) is 0 Å². The van der Waals surface area contributed by atoms with Crippen molar-refractivity contribution in [2.24, 2.45) is 17.6 Å². The zero-order valence-electron chi connectivity index (χ0n) is 7.77. The lowest BCUT2D eigenvalue weighted by molar-refractivity contribution is 0.332. The van der Waals surface area contributed by atoms with Crippen LogP contribution in [0.4, 0.5) is 0 Å². The Morgan fingerprint density at radius 1 is 1.42 bits per heavy atom. The molecule has 1 fully saturated rings. The molecular weight excluding hydrogens is 170 g/mol. The van der Waals surface area contributed by atoms with Crippen LogP contribution in [0.15, 0.2) is 0 Å². The normalized spacial score (nSPS) is 39.0. The standard InChI is InChI=1S/C8H19NO2Si/c1-5-3-4-7(8(5)9)6(2)12(10)11/h5-8,10-12H,3-4,9H2,1-2H3. The SMILES string of the molecule is CC1CCC(C(C)[SiH](O)O)C1N. The summed E-state index contributed by atoms with van der Waals surface area (Å²) in [7, 11) is -2.46. The Balaban J connectivity index is 2.53. The van der Waals surface area contributed by atoms with Crippen molar-refractivity contribution >= 4 is 9.28 Å².